The molecule has 0 aliphatic rings. The van der Waals surface area contributed by atoms with Crippen molar-refractivity contribution in [2.45, 2.75) is 57.8 Å². The van der Waals surface area contributed by atoms with E-state index < -0.39 is 29.7 Å². The van der Waals surface area contributed by atoms with Crippen molar-refractivity contribution in [2.24, 2.45) is 0 Å². The molecule has 30 heavy (non-hydrogen) atoms. The second kappa shape index (κ2) is 11.4. The van der Waals surface area contributed by atoms with Crippen molar-refractivity contribution >= 4 is 12.0 Å². The van der Waals surface area contributed by atoms with Crippen LogP contribution in [-0.2, 0) is 22.4 Å². The van der Waals surface area contributed by atoms with Gasteiger partial charge >= 0.3 is 6.09 Å². The molecule has 0 heterocycles. The zero-order chi connectivity index (χ0) is 22.0. The van der Waals surface area contributed by atoms with Crippen LogP contribution in [-0.4, -0.2) is 41.4 Å². The molecular weight excluding hydrogens is 380 g/mol. The number of hydrogen-bond donors (Lipinski definition) is 3. The van der Waals surface area contributed by atoms with Crippen LogP contribution in [0.5, 0.6) is 0 Å². The zero-order valence-electron chi connectivity index (χ0n) is 17.9. The Morgan fingerprint density at radius 3 is 2.10 bits per heavy atom. The minimum atomic E-state index is -1.39. The number of carbonyl (C=O) groups excluding carboxylic acids is 2. The molecular formula is C24H32N2O4. The van der Waals surface area contributed by atoms with Gasteiger partial charge in [0.25, 0.3) is 5.91 Å². The quantitative estimate of drug-likeness (QED) is 0.552. The van der Waals surface area contributed by atoms with Gasteiger partial charge in [-0.3, -0.25) is 4.79 Å². The van der Waals surface area contributed by atoms with Crippen molar-refractivity contribution in [1.82, 2.24) is 10.6 Å². The molecule has 0 radical (unpaired) electrons. The minimum Gasteiger partial charge on any atom is -0.444 e. The second-order valence-corrected chi connectivity index (χ2v) is 8.27. The maximum Gasteiger partial charge on any atom is 0.407 e. The monoisotopic (exact) mass is 412 g/mol. The lowest BCUT2D eigenvalue weighted by molar-refractivity contribution is -0.130. The summed E-state index contributed by atoms with van der Waals surface area (Å²) in [6, 6.07) is 18.6. The summed E-state index contributed by atoms with van der Waals surface area (Å²) in [5.41, 5.74) is 1.42. The van der Waals surface area contributed by atoms with E-state index in [0.29, 0.717) is 13.0 Å². The number of nitrogens with one attached hydrogen (secondary N) is 2. The highest BCUT2D eigenvalue weighted by atomic mass is 16.6. The highest BCUT2D eigenvalue weighted by Gasteiger charge is 2.29. The molecule has 2 amide bonds. The number of aliphatic hydroxyl groups excluding tert-OH is 1. The number of alkyl carbamates (subject to hydrolysis) is 1. The van der Waals surface area contributed by atoms with E-state index in [9.17, 15) is 14.7 Å². The molecule has 2 atom stereocenters. The number of ether oxygens (including phenoxy) is 1. The fourth-order valence-electron chi connectivity index (χ4n) is 3.00. The Hall–Kier alpha value is -2.86. The summed E-state index contributed by atoms with van der Waals surface area (Å²) >= 11 is 0. The van der Waals surface area contributed by atoms with Crippen LogP contribution in [0.1, 0.15) is 38.3 Å². The lowest BCUT2D eigenvalue weighted by atomic mass is 10.0. The van der Waals surface area contributed by atoms with E-state index in [1.165, 1.54) is 5.56 Å². The van der Waals surface area contributed by atoms with Crippen LogP contribution in [0.2, 0.25) is 0 Å². The topological polar surface area (TPSA) is 87.7 Å². The van der Waals surface area contributed by atoms with E-state index in [1.54, 1.807) is 20.8 Å². The maximum atomic E-state index is 12.5. The van der Waals surface area contributed by atoms with Crippen LogP contribution in [0.15, 0.2) is 60.7 Å². The lowest BCUT2D eigenvalue weighted by Gasteiger charge is -2.26. The normalized spacial score (nSPS) is 13.2. The molecule has 0 aromatic heterocycles. The largest absolute Gasteiger partial charge is 0.444 e. The number of carbonyl (C=O) groups is 2. The van der Waals surface area contributed by atoms with Crippen molar-refractivity contribution < 1.29 is 19.4 Å². The summed E-state index contributed by atoms with van der Waals surface area (Å²) in [4.78, 5) is 24.7. The molecule has 0 unspecified atom stereocenters. The van der Waals surface area contributed by atoms with Crippen LogP contribution in [0, 0.1) is 0 Å². The van der Waals surface area contributed by atoms with Crippen molar-refractivity contribution in [3.8, 4) is 0 Å². The minimum absolute atomic E-state index is 0.304. The standard InChI is InChI=1S/C24H32N2O4/c1-24(2,3)30-23(29)26-20(17-19-13-8-5-9-14-19)21(27)22(28)25-16-10-15-18-11-6-4-7-12-18/h4-9,11-14,20-21,27H,10,15-17H2,1-3H3,(H,25,28)(H,26,29)/t20-,21-/m0/s1. The predicted molar refractivity (Wildman–Crippen MR) is 117 cm³/mol. The van der Waals surface area contributed by atoms with Gasteiger partial charge in [-0.1, -0.05) is 60.7 Å². The molecule has 0 spiro atoms. The number of benzene rings is 2. The van der Waals surface area contributed by atoms with E-state index in [0.717, 1.165) is 18.4 Å². The molecule has 0 saturated heterocycles. The number of hydrogen-bond acceptors (Lipinski definition) is 4. The Morgan fingerprint density at radius 2 is 1.53 bits per heavy atom. The number of amides is 2. The van der Waals surface area contributed by atoms with Gasteiger partial charge in [-0.2, -0.15) is 0 Å². The van der Waals surface area contributed by atoms with Gasteiger partial charge < -0.3 is 20.5 Å². The van der Waals surface area contributed by atoms with Gasteiger partial charge in [0.2, 0.25) is 0 Å². The maximum absolute atomic E-state index is 12.5. The molecule has 2 rings (SSSR count). The summed E-state index contributed by atoms with van der Waals surface area (Å²) in [6.07, 6.45) is -0.168. The molecule has 2 aromatic rings. The fourth-order valence-corrected chi connectivity index (χ4v) is 3.00. The summed E-state index contributed by atoms with van der Waals surface area (Å²) < 4.78 is 5.29. The van der Waals surface area contributed by atoms with Gasteiger partial charge in [0.15, 0.2) is 6.10 Å². The third-order valence-electron chi connectivity index (χ3n) is 4.43. The molecule has 0 saturated carbocycles. The predicted octanol–water partition coefficient (Wildman–Crippen LogP) is 3.23. The molecule has 0 bridgehead atoms. The van der Waals surface area contributed by atoms with Crippen molar-refractivity contribution in [2.75, 3.05) is 6.54 Å². The van der Waals surface area contributed by atoms with Gasteiger partial charge in [-0.05, 0) is 51.2 Å². The van der Waals surface area contributed by atoms with Crippen molar-refractivity contribution in [3.63, 3.8) is 0 Å². The third-order valence-corrected chi connectivity index (χ3v) is 4.43. The Kier molecular flexibility index (Phi) is 8.87. The van der Waals surface area contributed by atoms with E-state index in [2.05, 4.69) is 10.6 Å². The third kappa shape index (κ3) is 8.66. The summed E-state index contributed by atoms with van der Waals surface area (Å²) in [5.74, 6) is -0.514. The van der Waals surface area contributed by atoms with E-state index in [1.807, 2.05) is 60.7 Å². The van der Waals surface area contributed by atoms with Crippen LogP contribution < -0.4 is 10.6 Å². The van der Waals surface area contributed by atoms with Gasteiger partial charge in [-0.25, -0.2) is 4.79 Å². The molecule has 3 N–H and O–H groups in total. The van der Waals surface area contributed by atoms with Crippen LogP contribution in [0.3, 0.4) is 0 Å². The van der Waals surface area contributed by atoms with Gasteiger partial charge in [0.1, 0.15) is 5.60 Å². The molecule has 6 nitrogen and oxygen atoms in total. The summed E-state index contributed by atoms with van der Waals surface area (Å²) in [6.45, 7) is 5.72. The first-order valence-electron chi connectivity index (χ1n) is 10.3. The molecule has 2 aromatic carbocycles. The smallest absolute Gasteiger partial charge is 0.407 e. The van der Waals surface area contributed by atoms with Crippen molar-refractivity contribution in [3.05, 3.63) is 71.8 Å². The highest BCUT2D eigenvalue weighted by Crippen LogP contribution is 2.11. The van der Waals surface area contributed by atoms with Gasteiger partial charge in [0, 0.05) is 6.54 Å². The van der Waals surface area contributed by atoms with Crippen LogP contribution >= 0.6 is 0 Å². The first-order valence-corrected chi connectivity index (χ1v) is 10.3. The molecule has 162 valence electrons. The molecule has 0 aliphatic heterocycles. The number of aryl methyl sites for hydroxylation is 1. The average Bonchev–Trinajstić information content (AvgIpc) is 2.70. The Morgan fingerprint density at radius 1 is 0.967 bits per heavy atom. The van der Waals surface area contributed by atoms with Crippen molar-refractivity contribution in [1.29, 1.82) is 0 Å². The first-order chi connectivity index (χ1) is 14.2. The average molecular weight is 413 g/mol. The molecule has 6 heteroatoms. The van der Waals surface area contributed by atoms with Gasteiger partial charge in [-0.15, -0.1) is 0 Å². The summed E-state index contributed by atoms with van der Waals surface area (Å²) in [7, 11) is 0. The number of rotatable bonds is 9. The highest BCUT2D eigenvalue weighted by molar-refractivity contribution is 5.82. The first kappa shape index (κ1) is 23.4. The lowest BCUT2D eigenvalue weighted by Crippen LogP contribution is -2.52. The fraction of sp³-hybridized carbons (Fsp3) is 0.417. The SMILES string of the molecule is CC(C)(C)OC(=O)N[C@@H](Cc1ccccc1)[C@H](O)C(=O)NCCCc1ccccc1. The van der Waals surface area contributed by atoms with Crippen LogP contribution in [0.4, 0.5) is 4.79 Å². The Balaban J connectivity index is 1.93. The number of aliphatic hydroxyl groups is 1. The van der Waals surface area contributed by atoms with Crippen LogP contribution in [0.25, 0.3) is 0 Å². The molecule has 0 fully saturated rings. The Labute approximate surface area is 178 Å². The van der Waals surface area contributed by atoms with E-state index in [4.69, 9.17) is 4.74 Å². The second-order valence-electron chi connectivity index (χ2n) is 8.27. The zero-order valence-corrected chi connectivity index (χ0v) is 17.9. The summed E-state index contributed by atoms with van der Waals surface area (Å²) in [5, 5.41) is 16.0. The van der Waals surface area contributed by atoms with Gasteiger partial charge in [0.05, 0.1) is 6.04 Å². The molecule has 0 aliphatic carbocycles. The Bertz CT molecular complexity index is 788. The van der Waals surface area contributed by atoms with E-state index >= 15 is 0 Å². The van der Waals surface area contributed by atoms with E-state index in [-0.39, 0.29) is 0 Å².